The largest absolute Gasteiger partial charge is 0.494 e. The number of ether oxygens (including phenoxy) is 8. The highest BCUT2D eigenvalue weighted by Crippen LogP contribution is 2.42. The van der Waals surface area contributed by atoms with Gasteiger partial charge >= 0.3 is 23.9 Å². The monoisotopic (exact) mass is 586 g/mol. The van der Waals surface area contributed by atoms with Gasteiger partial charge in [0.25, 0.3) is 0 Å². The Morgan fingerprint density at radius 3 is 2.02 bits per heavy atom. The molecule has 12 heteroatoms. The summed E-state index contributed by atoms with van der Waals surface area (Å²) in [5, 5.41) is 0. The predicted molar refractivity (Wildman–Crippen MR) is 143 cm³/mol. The van der Waals surface area contributed by atoms with E-state index in [4.69, 9.17) is 37.9 Å². The highest BCUT2D eigenvalue weighted by Gasteiger charge is 2.52. The van der Waals surface area contributed by atoms with E-state index in [0.717, 1.165) is 11.3 Å². The van der Waals surface area contributed by atoms with Gasteiger partial charge in [-0.3, -0.25) is 19.2 Å². The summed E-state index contributed by atoms with van der Waals surface area (Å²) < 4.78 is 45.4. The lowest BCUT2D eigenvalue weighted by molar-refractivity contribution is -0.254. The minimum absolute atomic E-state index is 0.0310. The fourth-order valence-corrected chi connectivity index (χ4v) is 5.01. The smallest absolute Gasteiger partial charge is 0.303 e. The van der Waals surface area contributed by atoms with Crippen LogP contribution in [0.5, 0.6) is 11.5 Å². The molecule has 0 saturated carbocycles. The lowest BCUT2D eigenvalue weighted by atomic mass is 9.88. The SMILES string of the molecule is CCOc1ccc(C2OCOc3ccc(C4OC(COC(C)=O)C(OC(C)=O)C(OC(C)=O)C4OC(C)=O)cc32)cc1. The normalized spacial score (nSPS) is 24.8. The third kappa shape index (κ3) is 7.37. The van der Waals surface area contributed by atoms with Crippen LogP contribution in [-0.2, 0) is 47.6 Å². The van der Waals surface area contributed by atoms with Crippen LogP contribution in [0.25, 0.3) is 0 Å². The lowest BCUT2D eigenvalue weighted by Gasteiger charge is -2.44. The van der Waals surface area contributed by atoms with E-state index in [-0.39, 0.29) is 13.4 Å². The number of carbonyl (C=O) groups is 4. The molecule has 226 valence electrons. The summed E-state index contributed by atoms with van der Waals surface area (Å²) in [6, 6.07) is 12.7. The first-order valence-corrected chi connectivity index (χ1v) is 13.5. The first kappa shape index (κ1) is 30.8. The van der Waals surface area contributed by atoms with Crippen LogP contribution in [0.15, 0.2) is 42.5 Å². The molecule has 0 amide bonds. The number of benzene rings is 2. The van der Waals surface area contributed by atoms with Crippen LogP contribution >= 0.6 is 0 Å². The predicted octanol–water partition coefficient (Wildman–Crippen LogP) is 3.34. The Hall–Kier alpha value is -4.16. The quantitative estimate of drug-likeness (QED) is 0.314. The van der Waals surface area contributed by atoms with E-state index in [1.165, 1.54) is 27.7 Å². The molecule has 2 aromatic carbocycles. The van der Waals surface area contributed by atoms with Crippen molar-refractivity contribution in [1.82, 2.24) is 0 Å². The van der Waals surface area contributed by atoms with E-state index in [1.54, 1.807) is 18.2 Å². The molecule has 2 aliphatic heterocycles. The Morgan fingerprint density at radius 2 is 1.40 bits per heavy atom. The van der Waals surface area contributed by atoms with Crippen LogP contribution in [-0.4, -0.2) is 68.3 Å². The van der Waals surface area contributed by atoms with Gasteiger partial charge < -0.3 is 37.9 Å². The fourth-order valence-electron chi connectivity index (χ4n) is 5.01. The van der Waals surface area contributed by atoms with Gasteiger partial charge in [0.05, 0.1) is 6.61 Å². The number of esters is 4. The first-order chi connectivity index (χ1) is 20.1. The summed E-state index contributed by atoms with van der Waals surface area (Å²) >= 11 is 0. The molecule has 2 aliphatic rings. The Morgan fingerprint density at radius 1 is 0.786 bits per heavy atom. The van der Waals surface area contributed by atoms with Crippen molar-refractivity contribution < 1.29 is 57.1 Å². The molecule has 1 saturated heterocycles. The van der Waals surface area contributed by atoms with Crippen LogP contribution in [0.3, 0.4) is 0 Å². The zero-order chi connectivity index (χ0) is 30.4. The van der Waals surface area contributed by atoms with E-state index in [0.29, 0.717) is 23.5 Å². The molecule has 0 bridgehead atoms. The van der Waals surface area contributed by atoms with Crippen LogP contribution in [0.1, 0.15) is 63.5 Å². The number of fused-ring (bicyclic) bond motifs is 1. The molecule has 4 rings (SSSR count). The molecule has 0 aliphatic carbocycles. The van der Waals surface area contributed by atoms with Crippen molar-refractivity contribution in [3.05, 3.63) is 59.2 Å². The first-order valence-electron chi connectivity index (χ1n) is 13.5. The van der Waals surface area contributed by atoms with Crippen LogP contribution in [0.4, 0.5) is 0 Å². The van der Waals surface area contributed by atoms with Crippen molar-refractivity contribution in [3.63, 3.8) is 0 Å². The maximum absolute atomic E-state index is 12.2. The molecule has 2 aromatic rings. The molecule has 6 unspecified atom stereocenters. The zero-order valence-corrected chi connectivity index (χ0v) is 24.0. The molecule has 12 nitrogen and oxygen atoms in total. The van der Waals surface area contributed by atoms with E-state index in [2.05, 4.69) is 0 Å². The lowest BCUT2D eigenvalue weighted by Crippen LogP contribution is -2.59. The Labute approximate surface area is 243 Å². The second-order valence-corrected chi connectivity index (χ2v) is 9.73. The topological polar surface area (TPSA) is 142 Å². The summed E-state index contributed by atoms with van der Waals surface area (Å²) in [5.74, 6) is -1.38. The molecule has 0 spiro atoms. The molecular weight excluding hydrogens is 552 g/mol. The maximum atomic E-state index is 12.2. The molecule has 6 atom stereocenters. The maximum Gasteiger partial charge on any atom is 0.303 e. The van der Waals surface area contributed by atoms with E-state index in [1.807, 2.05) is 31.2 Å². The Balaban J connectivity index is 1.77. The Bertz CT molecular complexity index is 1290. The molecule has 2 heterocycles. The van der Waals surface area contributed by atoms with Crippen molar-refractivity contribution in [3.8, 4) is 11.5 Å². The van der Waals surface area contributed by atoms with Crippen LogP contribution in [0, 0.1) is 0 Å². The summed E-state index contributed by atoms with van der Waals surface area (Å²) in [6.07, 6.45) is -6.35. The van der Waals surface area contributed by atoms with Crippen molar-refractivity contribution in [2.24, 2.45) is 0 Å². The number of rotatable bonds is 9. The van der Waals surface area contributed by atoms with E-state index < -0.39 is 60.5 Å². The van der Waals surface area contributed by atoms with Gasteiger partial charge in [0.15, 0.2) is 25.1 Å². The number of carbonyl (C=O) groups excluding carboxylic acids is 4. The zero-order valence-electron chi connectivity index (χ0n) is 24.0. The molecule has 0 N–H and O–H groups in total. The van der Waals surface area contributed by atoms with Gasteiger partial charge in [-0.1, -0.05) is 18.2 Å². The molecule has 0 aromatic heterocycles. The average Bonchev–Trinajstić information content (AvgIpc) is 2.93. The standard InChI is InChI=1S/C30H34O12/c1-6-35-22-10-7-20(8-11-22)26-23-13-21(9-12-24(23)37-15-38-26)27-29(40-18(4)33)30(41-19(5)34)28(39-17(3)32)25(42-27)14-36-16(2)31/h7-13,25-30H,6,14-15H2,1-5H3. The Kier molecular flexibility index (Phi) is 10.0. The van der Waals surface area contributed by atoms with Gasteiger partial charge in [-0.05, 0) is 42.3 Å². The minimum atomic E-state index is -1.28. The molecular formula is C30H34O12. The summed E-state index contributed by atoms with van der Waals surface area (Å²) in [4.78, 5) is 48.1. The molecule has 42 heavy (non-hydrogen) atoms. The number of hydrogen-bond donors (Lipinski definition) is 0. The van der Waals surface area contributed by atoms with Gasteiger partial charge in [0.1, 0.15) is 36.4 Å². The van der Waals surface area contributed by atoms with Gasteiger partial charge in [0, 0.05) is 33.3 Å². The fraction of sp³-hybridized carbons (Fsp3) is 0.467. The third-order valence-corrected chi connectivity index (χ3v) is 6.58. The molecule has 0 radical (unpaired) electrons. The van der Waals surface area contributed by atoms with Gasteiger partial charge in [-0.15, -0.1) is 0 Å². The van der Waals surface area contributed by atoms with E-state index in [9.17, 15) is 19.2 Å². The van der Waals surface area contributed by atoms with Gasteiger partial charge in [-0.25, -0.2) is 0 Å². The molecule has 1 fully saturated rings. The second-order valence-electron chi connectivity index (χ2n) is 9.73. The summed E-state index contributed by atoms with van der Waals surface area (Å²) in [5.41, 5.74) is 2.05. The highest BCUT2D eigenvalue weighted by atomic mass is 16.7. The van der Waals surface area contributed by atoms with Crippen LogP contribution in [0.2, 0.25) is 0 Å². The van der Waals surface area contributed by atoms with Crippen molar-refractivity contribution in [2.45, 2.75) is 71.2 Å². The summed E-state index contributed by atoms with van der Waals surface area (Å²) in [7, 11) is 0. The van der Waals surface area contributed by atoms with Crippen molar-refractivity contribution in [1.29, 1.82) is 0 Å². The highest BCUT2D eigenvalue weighted by molar-refractivity contribution is 5.69. The van der Waals surface area contributed by atoms with Gasteiger partial charge in [0.2, 0.25) is 0 Å². The van der Waals surface area contributed by atoms with Crippen molar-refractivity contribution >= 4 is 23.9 Å². The van der Waals surface area contributed by atoms with E-state index >= 15 is 0 Å². The van der Waals surface area contributed by atoms with Crippen molar-refractivity contribution in [2.75, 3.05) is 20.0 Å². The number of hydrogen-bond acceptors (Lipinski definition) is 12. The average molecular weight is 587 g/mol. The minimum Gasteiger partial charge on any atom is -0.494 e. The van der Waals surface area contributed by atoms with Crippen LogP contribution < -0.4 is 9.47 Å². The summed E-state index contributed by atoms with van der Waals surface area (Å²) in [6.45, 7) is 6.92. The third-order valence-electron chi connectivity index (χ3n) is 6.58. The van der Waals surface area contributed by atoms with Gasteiger partial charge in [-0.2, -0.15) is 0 Å². The second kappa shape index (κ2) is 13.7.